The van der Waals surface area contributed by atoms with Gasteiger partial charge in [0.1, 0.15) is 5.54 Å². The van der Waals surface area contributed by atoms with Crippen LogP contribution in [0.25, 0.3) is 0 Å². The summed E-state index contributed by atoms with van der Waals surface area (Å²) in [7, 11) is 1.44. The maximum atomic E-state index is 12.4. The summed E-state index contributed by atoms with van der Waals surface area (Å²) in [5.74, 6) is -0.219. The highest BCUT2D eigenvalue weighted by Gasteiger charge is 2.47. The predicted molar refractivity (Wildman–Crippen MR) is 80.4 cm³/mol. The van der Waals surface area contributed by atoms with E-state index in [1.807, 2.05) is 42.5 Å². The van der Waals surface area contributed by atoms with Crippen molar-refractivity contribution >= 4 is 5.97 Å². The number of carbonyl (C=O) groups is 1. The summed E-state index contributed by atoms with van der Waals surface area (Å²) in [6.07, 6.45) is 6.46. The average Bonchev–Trinajstić information content (AvgIpc) is 2.78. The molecular formula is C17H21NO2. The molecule has 0 aliphatic carbocycles. The van der Waals surface area contributed by atoms with E-state index in [2.05, 4.69) is 24.5 Å². The van der Waals surface area contributed by atoms with Crippen molar-refractivity contribution < 1.29 is 9.53 Å². The minimum atomic E-state index is -0.732. The zero-order chi connectivity index (χ0) is 14.6. The summed E-state index contributed by atoms with van der Waals surface area (Å²) in [5, 5.41) is 0. The molecule has 1 aliphatic heterocycles. The monoisotopic (exact) mass is 271 g/mol. The molecule has 0 N–H and O–H groups in total. The third kappa shape index (κ3) is 2.54. The van der Waals surface area contributed by atoms with Gasteiger partial charge in [-0.3, -0.25) is 4.90 Å². The van der Waals surface area contributed by atoms with Gasteiger partial charge in [-0.25, -0.2) is 4.79 Å². The lowest BCUT2D eigenvalue weighted by Crippen LogP contribution is -2.55. The van der Waals surface area contributed by atoms with Gasteiger partial charge in [-0.15, -0.1) is 6.58 Å². The number of hydrogen-bond donors (Lipinski definition) is 0. The summed E-state index contributed by atoms with van der Waals surface area (Å²) in [6.45, 7) is 6.52. The van der Waals surface area contributed by atoms with E-state index in [9.17, 15) is 4.79 Å². The molecule has 0 bridgehead atoms. The zero-order valence-corrected chi connectivity index (χ0v) is 12.1. The van der Waals surface area contributed by atoms with Crippen molar-refractivity contribution in [3.8, 4) is 0 Å². The van der Waals surface area contributed by atoms with Crippen molar-refractivity contribution in [3.05, 3.63) is 60.7 Å². The number of methoxy groups -OCH3 is 1. The van der Waals surface area contributed by atoms with Crippen molar-refractivity contribution in [1.82, 2.24) is 4.90 Å². The first kappa shape index (κ1) is 14.5. The largest absolute Gasteiger partial charge is 0.467 e. The van der Waals surface area contributed by atoms with E-state index in [0.717, 1.165) is 5.56 Å². The fraction of sp³-hybridized carbons (Fsp3) is 0.353. The molecule has 20 heavy (non-hydrogen) atoms. The lowest BCUT2D eigenvalue weighted by molar-refractivity contribution is -0.151. The van der Waals surface area contributed by atoms with E-state index < -0.39 is 5.54 Å². The van der Waals surface area contributed by atoms with Crippen LogP contribution in [0.1, 0.15) is 12.5 Å². The van der Waals surface area contributed by atoms with Gasteiger partial charge in [-0.05, 0) is 12.5 Å². The molecule has 0 aromatic heterocycles. The number of carbonyl (C=O) groups excluding carboxylic acids is 1. The summed E-state index contributed by atoms with van der Waals surface area (Å²) in [5.41, 5.74) is 0.384. The van der Waals surface area contributed by atoms with Gasteiger partial charge in [0.05, 0.1) is 7.11 Å². The number of benzene rings is 1. The Balaban J connectivity index is 2.38. The van der Waals surface area contributed by atoms with Gasteiger partial charge in [0, 0.05) is 19.0 Å². The van der Waals surface area contributed by atoms with Gasteiger partial charge >= 0.3 is 5.97 Å². The molecule has 1 aromatic rings. The minimum absolute atomic E-state index is 0.191. The standard InChI is InChI=1S/C17H21NO2/c1-4-12-18-14(2)10-11-17(18,16(19)20-3)13-15-8-6-5-7-9-15/h4-11,14H,1,12-13H2,2-3H3/t14-,17+/m1/s1. The Morgan fingerprint density at radius 2 is 2.15 bits per heavy atom. The number of esters is 1. The second-order valence-corrected chi connectivity index (χ2v) is 5.12. The SMILES string of the molecule is C=CCN1[C@H](C)C=C[C@]1(Cc1ccccc1)C(=O)OC. The van der Waals surface area contributed by atoms with Gasteiger partial charge < -0.3 is 4.74 Å². The number of nitrogens with zero attached hydrogens (tertiary/aromatic N) is 1. The molecule has 3 nitrogen and oxygen atoms in total. The second kappa shape index (κ2) is 6.06. The smallest absolute Gasteiger partial charge is 0.330 e. The Bertz CT molecular complexity index is 509. The number of hydrogen-bond acceptors (Lipinski definition) is 3. The minimum Gasteiger partial charge on any atom is -0.467 e. The first-order chi connectivity index (χ1) is 9.64. The molecule has 1 aliphatic rings. The lowest BCUT2D eigenvalue weighted by Gasteiger charge is -2.37. The lowest BCUT2D eigenvalue weighted by atomic mass is 9.90. The van der Waals surface area contributed by atoms with Crippen LogP contribution in [0, 0.1) is 0 Å². The van der Waals surface area contributed by atoms with Crippen LogP contribution in [0.5, 0.6) is 0 Å². The van der Waals surface area contributed by atoms with Crippen molar-refractivity contribution in [2.45, 2.75) is 24.9 Å². The van der Waals surface area contributed by atoms with Crippen LogP contribution in [0.2, 0.25) is 0 Å². The van der Waals surface area contributed by atoms with E-state index in [-0.39, 0.29) is 12.0 Å². The molecule has 1 heterocycles. The van der Waals surface area contributed by atoms with Crippen molar-refractivity contribution in [2.75, 3.05) is 13.7 Å². The first-order valence-corrected chi connectivity index (χ1v) is 6.83. The average molecular weight is 271 g/mol. The van der Waals surface area contributed by atoms with Crippen molar-refractivity contribution in [1.29, 1.82) is 0 Å². The maximum Gasteiger partial charge on any atom is 0.330 e. The summed E-state index contributed by atoms with van der Waals surface area (Å²) >= 11 is 0. The van der Waals surface area contributed by atoms with Gasteiger partial charge in [0.15, 0.2) is 0 Å². The summed E-state index contributed by atoms with van der Waals surface area (Å²) < 4.78 is 5.07. The predicted octanol–water partition coefficient (Wildman–Crippen LogP) is 2.59. The summed E-state index contributed by atoms with van der Waals surface area (Å²) in [6, 6.07) is 10.2. The van der Waals surface area contributed by atoms with E-state index in [1.54, 1.807) is 0 Å². The zero-order valence-electron chi connectivity index (χ0n) is 12.1. The van der Waals surface area contributed by atoms with Crippen LogP contribution in [0.4, 0.5) is 0 Å². The Morgan fingerprint density at radius 1 is 1.45 bits per heavy atom. The van der Waals surface area contributed by atoms with Crippen LogP contribution in [0.15, 0.2) is 55.1 Å². The van der Waals surface area contributed by atoms with Crippen LogP contribution in [0.3, 0.4) is 0 Å². The third-order valence-corrected chi connectivity index (χ3v) is 3.84. The molecule has 0 saturated heterocycles. The van der Waals surface area contributed by atoms with E-state index in [0.29, 0.717) is 13.0 Å². The maximum absolute atomic E-state index is 12.4. The van der Waals surface area contributed by atoms with E-state index >= 15 is 0 Å². The molecule has 3 heteroatoms. The van der Waals surface area contributed by atoms with Crippen molar-refractivity contribution in [2.24, 2.45) is 0 Å². The molecule has 0 spiro atoms. The Labute approximate surface area is 120 Å². The number of rotatable bonds is 5. The Morgan fingerprint density at radius 3 is 2.75 bits per heavy atom. The van der Waals surface area contributed by atoms with Crippen LogP contribution in [-0.4, -0.2) is 36.1 Å². The molecule has 0 amide bonds. The molecule has 2 rings (SSSR count). The quantitative estimate of drug-likeness (QED) is 0.609. The Kier molecular flexibility index (Phi) is 4.40. The van der Waals surface area contributed by atoms with Crippen LogP contribution in [-0.2, 0) is 16.0 Å². The molecule has 2 atom stereocenters. The molecule has 0 radical (unpaired) electrons. The molecular weight excluding hydrogens is 250 g/mol. The first-order valence-electron chi connectivity index (χ1n) is 6.83. The summed E-state index contributed by atoms with van der Waals surface area (Å²) in [4.78, 5) is 14.5. The highest BCUT2D eigenvalue weighted by Crippen LogP contribution is 2.32. The van der Waals surface area contributed by atoms with Gasteiger partial charge in [0.2, 0.25) is 0 Å². The topological polar surface area (TPSA) is 29.5 Å². The van der Waals surface area contributed by atoms with Gasteiger partial charge in [-0.1, -0.05) is 48.6 Å². The van der Waals surface area contributed by atoms with E-state index in [4.69, 9.17) is 4.74 Å². The normalized spacial score (nSPS) is 25.6. The van der Waals surface area contributed by atoms with Crippen LogP contribution >= 0.6 is 0 Å². The fourth-order valence-corrected chi connectivity index (χ4v) is 2.83. The van der Waals surface area contributed by atoms with E-state index in [1.165, 1.54) is 7.11 Å². The van der Waals surface area contributed by atoms with Crippen LogP contribution < -0.4 is 0 Å². The molecule has 0 unspecified atom stereocenters. The molecule has 106 valence electrons. The third-order valence-electron chi connectivity index (χ3n) is 3.84. The Hall–Kier alpha value is -1.87. The molecule has 1 aromatic carbocycles. The number of ether oxygens (including phenoxy) is 1. The van der Waals surface area contributed by atoms with Gasteiger partial charge in [-0.2, -0.15) is 0 Å². The highest BCUT2D eigenvalue weighted by atomic mass is 16.5. The molecule has 0 saturated carbocycles. The second-order valence-electron chi connectivity index (χ2n) is 5.12. The highest BCUT2D eigenvalue weighted by molar-refractivity contribution is 5.84. The fourth-order valence-electron chi connectivity index (χ4n) is 2.83. The van der Waals surface area contributed by atoms with Gasteiger partial charge in [0.25, 0.3) is 0 Å². The van der Waals surface area contributed by atoms with Crippen molar-refractivity contribution in [3.63, 3.8) is 0 Å². The molecule has 0 fully saturated rings.